The van der Waals surface area contributed by atoms with Crippen LogP contribution in [0.15, 0.2) is 36.9 Å². The van der Waals surface area contributed by atoms with Crippen LogP contribution in [0.3, 0.4) is 0 Å². The molecule has 0 radical (unpaired) electrons. The summed E-state index contributed by atoms with van der Waals surface area (Å²) in [6.45, 7) is 5.46. The summed E-state index contributed by atoms with van der Waals surface area (Å²) in [4.78, 5) is 21.7. The fraction of sp³-hybridized carbons (Fsp3) is 0.478. The van der Waals surface area contributed by atoms with Crippen LogP contribution in [0.4, 0.5) is 5.69 Å². The second kappa shape index (κ2) is 9.24. The van der Waals surface area contributed by atoms with E-state index in [9.17, 15) is 4.79 Å². The molecule has 30 heavy (non-hydrogen) atoms. The van der Waals surface area contributed by atoms with E-state index in [1.165, 1.54) is 32.1 Å². The van der Waals surface area contributed by atoms with E-state index in [2.05, 4.69) is 32.6 Å². The van der Waals surface area contributed by atoms with E-state index in [-0.39, 0.29) is 11.9 Å². The van der Waals surface area contributed by atoms with E-state index < -0.39 is 0 Å². The highest BCUT2D eigenvalue weighted by Crippen LogP contribution is 2.32. The molecule has 0 aliphatic heterocycles. The van der Waals surface area contributed by atoms with Gasteiger partial charge in [-0.1, -0.05) is 19.3 Å². The number of anilines is 1. The van der Waals surface area contributed by atoms with Gasteiger partial charge in [-0.25, -0.2) is 9.67 Å². The first-order chi connectivity index (χ1) is 14.7. The van der Waals surface area contributed by atoms with E-state index in [1.807, 2.05) is 29.9 Å². The molecule has 7 nitrogen and oxygen atoms in total. The second-order valence-electron chi connectivity index (χ2n) is 8.11. The van der Waals surface area contributed by atoms with Gasteiger partial charge in [-0.15, -0.1) is 0 Å². The molecule has 3 heterocycles. The molecule has 1 aliphatic carbocycles. The number of amides is 1. The number of nitrogens with one attached hydrogen (secondary N) is 2. The van der Waals surface area contributed by atoms with Gasteiger partial charge in [0.25, 0.3) is 5.91 Å². The Morgan fingerprint density at radius 1 is 1.20 bits per heavy atom. The number of rotatable bonds is 7. The fourth-order valence-corrected chi connectivity index (χ4v) is 4.34. The highest BCUT2D eigenvalue weighted by atomic mass is 16.1. The largest absolute Gasteiger partial charge is 0.381 e. The topological polar surface area (TPSA) is 84.7 Å². The van der Waals surface area contributed by atoms with Gasteiger partial charge in [0.15, 0.2) is 5.65 Å². The smallest absolute Gasteiger partial charge is 0.255 e. The van der Waals surface area contributed by atoms with Crippen molar-refractivity contribution in [2.75, 3.05) is 5.32 Å². The zero-order valence-corrected chi connectivity index (χ0v) is 17.8. The molecule has 0 bridgehead atoms. The number of carbonyl (C=O) groups excluding carboxylic acids is 1. The van der Waals surface area contributed by atoms with Crippen molar-refractivity contribution in [2.45, 2.75) is 65.1 Å². The van der Waals surface area contributed by atoms with Crippen LogP contribution in [0.25, 0.3) is 11.0 Å². The Kier molecular flexibility index (Phi) is 6.26. The van der Waals surface area contributed by atoms with Crippen molar-refractivity contribution in [1.82, 2.24) is 25.1 Å². The molecular formula is C23H30N6O. The highest BCUT2D eigenvalue weighted by Gasteiger charge is 2.24. The van der Waals surface area contributed by atoms with Gasteiger partial charge in [0.2, 0.25) is 0 Å². The van der Waals surface area contributed by atoms with Crippen molar-refractivity contribution >= 4 is 22.6 Å². The Balaban J connectivity index is 1.62. The van der Waals surface area contributed by atoms with Crippen molar-refractivity contribution in [3.8, 4) is 0 Å². The van der Waals surface area contributed by atoms with Crippen LogP contribution in [-0.2, 0) is 13.1 Å². The SMILES string of the molecule is CCn1ncc2c(NC(C)C3CCCCC3)c(C(=O)NCc3ccncc3)cnc21. The zero-order valence-electron chi connectivity index (χ0n) is 17.8. The van der Waals surface area contributed by atoms with Crippen molar-refractivity contribution < 1.29 is 4.79 Å². The lowest BCUT2D eigenvalue weighted by Gasteiger charge is -2.29. The number of fused-ring (bicyclic) bond motifs is 1. The summed E-state index contributed by atoms with van der Waals surface area (Å²) in [7, 11) is 0. The Morgan fingerprint density at radius 2 is 1.97 bits per heavy atom. The Hall–Kier alpha value is -2.96. The van der Waals surface area contributed by atoms with Gasteiger partial charge in [-0.05, 0) is 50.3 Å². The van der Waals surface area contributed by atoms with Gasteiger partial charge in [0.05, 0.1) is 22.8 Å². The third-order valence-corrected chi connectivity index (χ3v) is 6.14. The molecule has 158 valence electrons. The molecule has 1 amide bonds. The molecule has 1 fully saturated rings. The summed E-state index contributed by atoms with van der Waals surface area (Å²) >= 11 is 0. The van der Waals surface area contributed by atoms with E-state index in [4.69, 9.17) is 0 Å². The summed E-state index contributed by atoms with van der Waals surface area (Å²) in [5, 5.41) is 12.1. The van der Waals surface area contributed by atoms with Crippen LogP contribution < -0.4 is 10.6 Å². The van der Waals surface area contributed by atoms with E-state index >= 15 is 0 Å². The minimum Gasteiger partial charge on any atom is -0.381 e. The zero-order chi connectivity index (χ0) is 20.9. The summed E-state index contributed by atoms with van der Waals surface area (Å²) in [5.74, 6) is 0.486. The summed E-state index contributed by atoms with van der Waals surface area (Å²) < 4.78 is 1.87. The van der Waals surface area contributed by atoms with E-state index in [0.717, 1.165) is 28.8 Å². The molecule has 1 unspecified atom stereocenters. The molecule has 7 heteroatoms. The summed E-state index contributed by atoms with van der Waals surface area (Å²) in [6, 6.07) is 4.09. The molecule has 3 aromatic rings. The molecule has 0 aromatic carbocycles. The minimum absolute atomic E-state index is 0.135. The fourth-order valence-electron chi connectivity index (χ4n) is 4.34. The van der Waals surface area contributed by atoms with Gasteiger partial charge in [-0.2, -0.15) is 5.10 Å². The third-order valence-electron chi connectivity index (χ3n) is 6.14. The van der Waals surface area contributed by atoms with Gasteiger partial charge in [-0.3, -0.25) is 9.78 Å². The summed E-state index contributed by atoms with van der Waals surface area (Å²) in [5.41, 5.74) is 3.22. The molecule has 0 spiro atoms. The van der Waals surface area contributed by atoms with Gasteiger partial charge in [0.1, 0.15) is 0 Å². The first-order valence-electron chi connectivity index (χ1n) is 11.0. The van der Waals surface area contributed by atoms with Crippen molar-refractivity contribution in [3.05, 3.63) is 48.0 Å². The minimum atomic E-state index is -0.135. The molecule has 1 aliphatic rings. The lowest BCUT2D eigenvalue weighted by Crippen LogP contribution is -2.30. The van der Waals surface area contributed by atoms with Crippen molar-refractivity contribution in [1.29, 1.82) is 0 Å². The number of pyridine rings is 2. The molecular weight excluding hydrogens is 376 g/mol. The number of aryl methyl sites for hydroxylation is 1. The number of nitrogens with zero attached hydrogens (tertiary/aromatic N) is 4. The number of hydrogen-bond donors (Lipinski definition) is 2. The van der Waals surface area contributed by atoms with Crippen LogP contribution in [0.1, 0.15) is 61.9 Å². The quantitative estimate of drug-likeness (QED) is 0.615. The standard InChI is InChI=1S/C23H30N6O/c1-3-29-22-19(15-27-29)21(28-16(2)18-7-5-4-6-8-18)20(14-25-22)23(30)26-13-17-9-11-24-12-10-17/h9-12,14-16,18H,3-8,13H2,1-2H3,(H,25,28)(H,26,30). The van der Waals surface area contributed by atoms with Crippen LogP contribution in [-0.4, -0.2) is 31.7 Å². The first kappa shape index (κ1) is 20.3. The van der Waals surface area contributed by atoms with Gasteiger partial charge < -0.3 is 10.6 Å². The number of hydrogen-bond acceptors (Lipinski definition) is 5. The Bertz CT molecular complexity index is 994. The van der Waals surface area contributed by atoms with Crippen molar-refractivity contribution in [3.63, 3.8) is 0 Å². The van der Waals surface area contributed by atoms with Crippen LogP contribution in [0.2, 0.25) is 0 Å². The number of aromatic nitrogens is 4. The Labute approximate surface area is 177 Å². The van der Waals surface area contributed by atoms with Crippen LogP contribution >= 0.6 is 0 Å². The normalized spacial score (nSPS) is 15.8. The second-order valence-corrected chi connectivity index (χ2v) is 8.11. The van der Waals surface area contributed by atoms with Crippen molar-refractivity contribution in [2.24, 2.45) is 5.92 Å². The van der Waals surface area contributed by atoms with E-state index in [0.29, 0.717) is 18.0 Å². The molecule has 1 saturated carbocycles. The average molecular weight is 407 g/mol. The molecule has 2 N–H and O–H groups in total. The van der Waals surface area contributed by atoms with Gasteiger partial charge >= 0.3 is 0 Å². The van der Waals surface area contributed by atoms with E-state index in [1.54, 1.807) is 18.6 Å². The predicted molar refractivity (Wildman–Crippen MR) is 118 cm³/mol. The maximum absolute atomic E-state index is 13.1. The highest BCUT2D eigenvalue weighted by molar-refractivity contribution is 6.06. The molecule has 3 aromatic heterocycles. The first-order valence-corrected chi connectivity index (χ1v) is 11.0. The monoisotopic (exact) mass is 406 g/mol. The third kappa shape index (κ3) is 4.30. The molecule has 0 saturated heterocycles. The Morgan fingerprint density at radius 3 is 2.70 bits per heavy atom. The molecule has 4 rings (SSSR count). The molecule has 1 atom stereocenters. The number of carbonyl (C=O) groups is 1. The average Bonchev–Trinajstić information content (AvgIpc) is 3.22. The lowest BCUT2D eigenvalue weighted by molar-refractivity contribution is 0.0951. The lowest BCUT2D eigenvalue weighted by atomic mass is 9.84. The van der Waals surface area contributed by atoms with Crippen LogP contribution in [0, 0.1) is 5.92 Å². The maximum atomic E-state index is 13.1. The van der Waals surface area contributed by atoms with Gasteiger partial charge in [0, 0.05) is 37.7 Å². The maximum Gasteiger partial charge on any atom is 0.255 e. The van der Waals surface area contributed by atoms with Crippen LogP contribution in [0.5, 0.6) is 0 Å². The summed E-state index contributed by atoms with van der Waals surface area (Å²) in [6.07, 6.45) is 13.3. The predicted octanol–water partition coefficient (Wildman–Crippen LogP) is 4.16.